The molecule has 0 radical (unpaired) electrons. The summed E-state index contributed by atoms with van der Waals surface area (Å²) in [7, 11) is 0. The van der Waals surface area contributed by atoms with Crippen LogP contribution in [0.4, 0.5) is 0 Å². The Balaban J connectivity index is -0.00000000333. The first-order valence-corrected chi connectivity index (χ1v) is 1.15. The normalized spacial score (nSPS) is 2.57. The van der Waals surface area contributed by atoms with Crippen LogP contribution < -0.4 is 0 Å². The molecule has 0 aliphatic carbocycles. The quantitative estimate of drug-likeness (QED) is 0.520. The molecule has 0 spiro atoms. The van der Waals surface area contributed by atoms with E-state index < -0.39 is 0 Å². The van der Waals surface area contributed by atoms with E-state index in [0.717, 1.165) is 0 Å². The molecule has 0 atom stereocenters. The van der Waals surface area contributed by atoms with E-state index >= 15 is 0 Å². The van der Waals surface area contributed by atoms with Crippen LogP contribution in [0.5, 0.6) is 0 Å². The number of hydrogen-bond acceptors (Lipinski definition) is 3. The van der Waals surface area contributed by atoms with Gasteiger partial charge in [-0.25, -0.2) is 0 Å². The Morgan fingerprint density at radius 3 is 0.857 bits per heavy atom. The van der Waals surface area contributed by atoms with E-state index in [-0.39, 0.29) is 42.6 Å². The van der Waals surface area contributed by atoms with Crippen molar-refractivity contribution in [2.24, 2.45) is 0 Å². The fourth-order valence-electron chi connectivity index (χ4n) is 0. The van der Waals surface area contributed by atoms with Crippen LogP contribution in [0.1, 0.15) is 13.8 Å². The first-order valence-electron chi connectivity index (χ1n) is 1.15. The molecule has 0 saturated carbocycles. The van der Waals surface area contributed by atoms with Crippen molar-refractivity contribution in [3.8, 4) is 0 Å². The van der Waals surface area contributed by atoms with Gasteiger partial charge in [0.2, 0.25) is 0 Å². The Kier molecular flexibility index (Phi) is 480. The van der Waals surface area contributed by atoms with Crippen LogP contribution in [0.2, 0.25) is 0 Å². The largest absolute Gasteiger partial charge is 4.00 e. The van der Waals surface area contributed by atoms with Crippen molar-refractivity contribution in [3.63, 3.8) is 0 Å². The molecule has 44 valence electrons. The van der Waals surface area contributed by atoms with Gasteiger partial charge in [0.1, 0.15) is 0 Å². The Bertz CT molecular complexity index is 10.1. The Morgan fingerprint density at radius 1 is 0.857 bits per heavy atom. The van der Waals surface area contributed by atoms with Gasteiger partial charge < -0.3 is 22.8 Å². The molecule has 4 heteroatoms. The van der Waals surface area contributed by atoms with E-state index in [1.807, 2.05) is 20.3 Å². The third-order valence-electron chi connectivity index (χ3n) is 0. The SMILES string of the molecule is C[CH-]C.[OH-].[OH-].[OH-].[Zr+4]. The molecule has 0 amide bonds. The maximum Gasteiger partial charge on any atom is 4.00 e. The Hall–Kier alpha value is 0.763. The van der Waals surface area contributed by atoms with Crippen molar-refractivity contribution in [2.45, 2.75) is 13.8 Å². The van der Waals surface area contributed by atoms with Crippen molar-refractivity contribution >= 4 is 0 Å². The van der Waals surface area contributed by atoms with E-state index in [1.165, 1.54) is 0 Å². The summed E-state index contributed by atoms with van der Waals surface area (Å²) in [6.45, 7) is 4.00. The molecule has 7 heavy (non-hydrogen) atoms. The summed E-state index contributed by atoms with van der Waals surface area (Å²) in [5.41, 5.74) is 0. The van der Waals surface area contributed by atoms with Crippen molar-refractivity contribution < 1.29 is 42.6 Å². The van der Waals surface area contributed by atoms with Crippen LogP contribution in [0, 0.1) is 6.42 Å². The van der Waals surface area contributed by atoms with Gasteiger partial charge in [-0.1, -0.05) is 0 Å². The van der Waals surface area contributed by atoms with E-state index in [9.17, 15) is 0 Å². The molecule has 0 unspecified atom stereocenters. The summed E-state index contributed by atoms with van der Waals surface area (Å²) in [5.74, 6) is 0. The molecule has 0 aromatic rings. The smallest absolute Gasteiger partial charge is 0.870 e. The van der Waals surface area contributed by atoms with Crippen molar-refractivity contribution in [1.82, 2.24) is 0 Å². The molecule has 3 nitrogen and oxygen atoms in total. The van der Waals surface area contributed by atoms with Gasteiger partial charge in [0, 0.05) is 0 Å². The van der Waals surface area contributed by atoms with Gasteiger partial charge in [0.15, 0.2) is 0 Å². The molecule has 0 bridgehead atoms. The minimum atomic E-state index is 0. The number of hydrogen-bond donors (Lipinski definition) is 0. The molecule has 3 N–H and O–H groups in total. The molecule has 0 saturated heterocycles. The van der Waals surface area contributed by atoms with Crippen LogP contribution in [0.25, 0.3) is 0 Å². The van der Waals surface area contributed by atoms with Crippen molar-refractivity contribution in [3.05, 3.63) is 6.42 Å². The zero-order valence-electron chi connectivity index (χ0n) is 4.42. The first kappa shape index (κ1) is 46.5. The summed E-state index contributed by atoms with van der Waals surface area (Å²) < 4.78 is 0. The predicted molar refractivity (Wildman–Crippen MR) is 21.5 cm³/mol. The van der Waals surface area contributed by atoms with Gasteiger partial charge in [0.05, 0.1) is 0 Å². The van der Waals surface area contributed by atoms with Crippen molar-refractivity contribution in [1.29, 1.82) is 0 Å². The van der Waals surface area contributed by atoms with Gasteiger partial charge in [0.25, 0.3) is 0 Å². The maximum absolute atomic E-state index is 2.00. The van der Waals surface area contributed by atoms with E-state index in [4.69, 9.17) is 0 Å². The van der Waals surface area contributed by atoms with Gasteiger partial charge in [-0.05, 0) is 0 Å². The van der Waals surface area contributed by atoms with E-state index in [1.54, 1.807) is 0 Å². The molecule has 0 heterocycles. The van der Waals surface area contributed by atoms with Crippen molar-refractivity contribution in [2.75, 3.05) is 0 Å². The average molecular weight is 185 g/mol. The summed E-state index contributed by atoms with van der Waals surface area (Å²) in [6, 6.07) is 0. The number of rotatable bonds is 0. The second kappa shape index (κ2) is 72.3. The molecule has 0 aromatic carbocycles. The summed E-state index contributed by atoms with van der Waals surface area (Å²) in [6.07, 6.45) is 2.00. The second-order valence-electron chi connectivity index (χ2n) is 0.577. The zero-order chi connectivity index (χ0) is 2.71. The summed E-state index contributed by atoms with van der Waals surface area (Å²) in [5, 5.41) is 0. The topological polar surface area (TPSA) is 90.0 Å². The van der Waals surface area contributed by atoms with Crippen LogP contribution in [0.3, 0.4) is 0 Å². The first-order chi connectivity index (χ1) is 1.41. The standard InChI is InChI=1S/C3H7.3H2O.Zr/c1-3-2;;;;/h3H,1-2H3;3*1H2;/q-1;;;;+4/p-3. The average Bonchev–Trinajstić information content (AvgIpc) is 0.918. The molecule has 0 aliphatic heterocycles. The third-order valence-corrected chi connectivity index (χ3v) is 0. The third kappa shape index (κ3) is 263. The maximum atomic E-state index is 2.00. The van der Waals surface area contributed by atoms with E-state index in [2.05, 4.69) is 0 Å². The minimum Gasteiger partial charge on any atom is -0.870 e. The Morgan fingerprint density at radius 2 is 0.857 bits per heavy atom. The second-order valence-corrected chi connectivity index (χ2v) is 0.577. The fraction of sp³-hybridized carbons (Fsp3) is 0.667. The summed E-state index contributed by atoms with van der Waals surface area (Å²) >= 11 is 0. The van der Waals surface area contributed by atoms with E-state index in [0.29, 0.717) is 0 Å². The molecule has 0 aliphatic rings. The monoisotopic (exact) mass is 184 g/mol. The molecule has 0 aromatic heterocycles. The fourth-order valence-corrected chi connectivity index (χ4v) is 0. The molecular formula is C3H10O3Zr. The molecular weight excluding hydrogens is 175 g/mol. The van der Waals surface area contributed by atoms with Crippen LogP contribution in [-0.4, -0.2) is 16.4 Å². The van der Waals surface area contributed by atoms with Crippen LogP contribution >= 0.6 is 0 Å². The van der Waals surface area contributed by atoms with Gasteiger partial charge in [-0.2, -0.15) is 13.8 Å². The van der Waals surface area contributed by atoms with Crippen LogP contribution in [0.15, 0.2) is 0 Å². The molecule has 0 rings (SSSR count). The summed E-state index contributed by atoms with van der Waals surface area (Å²) in [4.78, 5) is 0. The Labute approximate surface area is 63.2 Å². The molecule has 0 fully saturated rings. The van der Waals surface area contributed by atoms with Gasteiger partial charge >= 0.3 is 26.2 Å². The zero-order valence-corrected chi connectivity index (χ0v) is 6.88. The van der Waals surface area contributed by atoms with Gasteiger partial charge in [-0.3, -0.25) is 0 Å². The van der Waals surface area contributed by atoms with Gasteiger partial charge in [-0.15, -0.1) is 0 Å². The minimum absolute atomic E-state index is 0. The van der Waals surface area contributed by atoms with Crippen LogP contribution in [-0.2, 0) is 26.2 Å². The predicted octanol–water partition coefficient (Wildman–Crippen LogP) is 0.698.